The monoisotopic (exact) mass is 1410 g/mol. The van der Waals surface area contributed by atoms with Gasteiger partial charge in [-0.05, 0) is 156 Å². The van der Waals surface area contributed by atoms with Gasteiger partial charge in [0.05, 0.1) is 30.4 Å². The molecular formula is C67H97MoN6NaO19. The van der Waals surface area contributed by atoms with E-state index >= 15 is 0 Å². The van der Waals surface area contributed by atoms with Gasteiger partial charge in [0.15, 0.2) is 11.2 Å². The van der Waals surface area contributed by atoms with E-state index in [4.69, 9.17) is 63.4 Å². The van der Waals surface area contributed by atoms with Gasteiger partial charge < -0.3 is 41.6 Å². The molecule has 12 aliphatic rings. The van der Waals surface area contributed by atoms with E-state index < -0.39 is 34.7 Å². The summed E-state index contributed by atoms with van der Waals surface area (Å²) in [6, 6.07) is 1.11. The third-order valence-corrected chi connectivity index (χ3v) is 13.7. The van der Waals surface area contributed by atoms with Crippen molar-refractivity contribution in [1.29, 1.82) is 0 Å². The first-order valence-corrected chi connectivity index (χ1v) is 28.7. The van der Waals surface area contributed by atoms with E-state index in [0.29, 0.717) is 36.9 Å². The van der Waals surface area contributed by atoms with Crippen LogP contribution >= 0.6 is 0 Å². The van der Waals surface area contributed by atoms with Crippen LogP contribution < -0.4 is 46.3 Å². The third-order valence-electron chi connectivity index (χ3n) is 13.7. The second-order valence-corrected chi connectivity index (χ2v) is 22.2. The van der Waals surface area contributed by atoms with Crippen LogP contribution in [0.1, 0.15) is 146 Å². The Hall–Kier alpha value is -5.64. The molecule has 3 saturated heterocycles. The molecule has 0 spiro atoms. The number of rotatable bonds is 6. The first-order chi connectivity index (χ1) is 42.9. The van der Waals surface area contributed by atoms with Gasteiger partial charge in [-0.15, -0.1) is 6.58 Å². The number of allylic oxidation sites excluding steroid dienone is 8. The van der Waals surface area contributed by atoms with Gasteiger partial charge in [-0.25, -0.2) is 4.79 Å². The van der Waals surface area contributed by atoms with Crippen LogP contribution in [0.25, 0.3) is 0 Å². The van der Waals surface area contributed by atoms with Crippen molar-refractivity contribution in [2.24, 2.45) is 17.4 Å². The zero-order valence-electron chi connectivity index (χ0n) is 56.9. The topological polar surface area (TPSA) is 384 Å². The van der Waals surface area contributed by atoms with Crippen molar-refractivity contribution < 1.29 is 142 Å². The number of hydrogen-bond acceptors (Lipinski definition) is 16. The van der Waals surface area contributed by atoms with E-state index in [2.05, 4.69) is 139 Å². The molecule has 0 radical (unpaired) electrons. The smallest absolute Gasteiger partial charge is 0.870 e. The third kappa shape index (κ3) is 44.9. The largest absolute Gasteiger partial charge is 1.00 e. The molecule has 7 N–H and O–H groups in total. The summed E-state index contributed by atoms with van der Waals surface area (Å²) >= 11 is 0. The molecule has 8 unspecified atom stereocenters. The van der Waals surface area contributed by atoms with Gasteiger partial charge in [0.1, 0.15) is 22.9 Å². The standard InChI is InChI=1S/C12H20N2O4.C9H14O2.C8H12N2O2.2C8H13NO.C7H10.C6H8O2.C3H6.6CO.Mo.Na.H2O/c1-11(2,3)18-10(16)14-8-4-6-12(17,7-5-8)9(13)15;1-7-5-3-4-6-9(7)11-8(2)10;1-10-6-2-4-8(12-10,5-3-6)7(9)11;2*1-8-5-3-7(4-6-8)9(2)10-8;1-7-5-3-2-4-6-7;1-3-4-5-8-6(2)7;1-3-2;6*1-2;;;/h4,6,8,17H,5,7H2,1-3H3,(H2,13,15)(H,14,16);4,6-7,9H,3,5H2,1-2H3;2,4,6H,3,5H2,1H3,(H2,9,11);2*3,5,7H,4,6H2,1-2H3;2-3,5H,4,6H2,1H3;3-5H,1H2,2H3;3H,1H2,2H3;;;;;;;;;1H2/q;;;;;;;;;;;;;;;+1;/p-1/b;;;;;;5-4+;;;;;;;;;;/t8-,12+;;;;;;;;;;;;;;;;/m1................/s1. The number of aliphatic hydroxyl groups is 1. The van der Waals surface area contributed by atoms with Crippen molar-refractivity contribution in [3.05, 3.63) is 162 Å². The van der Waals surface area contributed by atoms with Gasteiger partial charge in [-0.3, -0.25) is 33.7 Å². The first-order valence-electron chi connectivity index (χ1n) is 28.7. The minimum Gasteiger partial charge on any atom is -0.870 e. The minimum atomic E-state index is -1.61. The second-order valence-electron chi connectivity index (χ2n) is 22.2. The summed E-state index contributed by atoms with van der Waals surface area (Å²) in [4.78, 5) is 70.9. The van der Waals surface area contributed by atoms with Crippen LogP contribution in [0.3, 0.4) is 0 Å². The normalized spacial score (nSPS) is 26.3. The minimum absolute atomic E-state index is 0. The summed E-state index contributed by atoms with van der Waals surface area (Å²) in [5.74, 6) is -1.21. The number of fused-ring (bicyclic) bond motifs is 6. The quantitative estimate of drug-likeness (QED) is 0.0338. The maximum atomic E-state index is 11.5. The number of hydroxylamine groups is 6. The molecule has 3 fully saturated rings. The average Bonchev–Trinajstić information content (AvgIpc) is 0.796. The molecule has 94 heavy (non-hydrogen) atoms. The van der Waals surface area contributed by atoms with Gasteiger partial charge in [0.2, 0.25) is 0 Å². The van der Waals surface area contributed by atoms with Crippen LogP contribution in [0.4, 0.5) is 4.79 Å². The molecular weight excluding hydrogens is 1310 g/mol. The van der Waals surface area contributed by atoms with Gasteiger partial charge >= 0.3 is 115 Å². The zero-order chi connectivity index (χ0) is 71.6. The Morgan fingerprint density at radius 3 is 1.40 bits per heavy atom. The van der Waals surface area contributed by atoms with Gasteiger partial charge in [0.25, 0.3) is 11.8 Å². The number of likely N-dealkylation sites (N-methyl/N-ethyl adjacent to an activating group) is 3. The fourth-order valence-electron chi connectivity index (χ4n) is 8.99. The average molecular weight is 1410 g/mol. The van der Waals surface area contributed by atoms with Crippen molar-refractivity contribution in [1.82, 2.24) is 20.5 Å². The molecule has 27 heteroatoms. The van der Waals surface area contributed by atoms with Crippen molar-refractivity contribution in [2.75, 3.05) is 21.1 Å². The zero-order valence-corrected chi connectivity index (χ0v) is 60.9. The number of ether oxygens (including phenoxy) is 3. The Morgan fingerprint density at radius 1 is 0.691 bits per heavy atom. The Labute approximate surface area is 593 Å². The number of nitrogens with two attached hydrogens (primary N) is 2. The number of hydrogen-bond donors (Lipinski definition) is 4. The molecule has 0 aromatic carbocycles. The van der Waals surface area contributed by atoms with Gasteiger partial charge in [0, 0.05) is 56.1 Å². The molecule has 0 aromatic rings. The van der Waals surface area contributed by atoms with Crippen molar-refractivity contribution in [3.63, 3.8) is 0 Å². The molecule has 6 aliphatic heterocycles. The first kappa shape index (κ1) is 104. The van der Waals surface area contributed by atoms with Crippen molar-refractivity contribution >= 4 is 29.8 Å². The van der Waals surface area contributed by atoms with Crippen LogP contribution in [0.5, 0.6) is 0 Å². The molecule has 10 atom stereocenters. The number of alkyl carbamates (subject to hydrolysis) is 1. The summed E-state index contributed by atoms with van der Waals surface area (Å²) in [6.07, 6.45) is 43.4. The van der Waals surface area contributed by atoms with Crippen LogP contribution in [-0.2, 0) is 96.9 Å². The van der Waals surface area contributed by atoms with Crippen LogP contribution in [-0.4, -0.2) is 135 Å². The van der Waals surface area contributed by atoms with Crippen LogP contribution in [0.2, 0.25) is 0 Å². The molecule has 6 aliphatic carbocycles. The number of amides is 3. The molecule has 0 aromatic heterocycles. The second kappa shape index (κ2) is 58.7. The van der Waals surface area contributed by atoms with E-state index in [9.17, 15) is 29.1 Å². The molecule has 6 bridgehead atoms. The summed E-state index contributed by atoms with van der Waals surface area (Å²) in [5.41, 5.74) is 8.82. The molecule has 25 nitrogen and oxygen atoms in total. The number of nitrogens with zero attached hydrogens (tertiary/aromatic N) is 3. The van der Waals surface area contributed by atoms with E-state index in [1.54, 1.807) is 50.1 Å². The predicted molar refractivity (Wildman–Crippen MR) is 335 cm³/mol. The molecule has 516 valence electrons. The molecule has 3 amide bonds. The summed E-state index contributed by atoms with van der Waals surface area (Å²) in [6.45, 7) is 52.3. The number of esters is 2. The summed E-state index contributed by atoms with van der Waals surface area (Å²) in [7, 11) is 5.84. The number of nitrogens with one attached hydrogen (secondary N) is 1. The fourth-order valence-corrected chi connectivity index (χ4v) is 8.99. The van der Waals surface area contributed by atoms with Crippen LogP contribution in [0, 0.1) is 45.8 Å². The van der Waals surface area contributed by atoms with Crippen molar-refractivity contribution in [2.45, 2.75) is 205 Å². The number of carbonyl (C=O) groups is 5. The number of carbonyl (C=O) groups excluding carboxylic acids is 5. The van der Waals surface area contributed by atoms with E-state index in [-0.39, 0.29) is 97.8 Å². The Kier molecular flexibility index (Phi) is 65.2. The predicted octanol–water partition coefficient (Wildman–Crippen LogP) is 6.16. The molecule has 12 rings (SSSR count). The van der Waals surface area contributed by atoms with Gasteiger partial charge in [-0.1, -0.05) is 92.0 Å². The summed E-state index contributed by atoms with van der Waals surface area (Å²) < 4.78 is 59.6. The van der Waals surface area contributed by atoms with E-state index in [1.165, 1.54) is 76.4 Å². The van der Waals surface area contributed by atoms with Crippen molar-refractivity contribution in [3.8, 4) is 0 Å². The Bertz CT molecular complexity index is 2500. The Balaban J connectivity index is -0.000000149. The van der Waals surface area contributed by atoms with Crippen LogP contribution in [0.15, 0.2) is 122 Å². The van der Waals surface area contributed by atoms with Gasteiger partial charge in [-0.2, -0.15) is 15.2 Å². The number of primary amides is 2. The SMILES string of the molecule is C=C/C=C/OC(C)=O.C=CC.CC(=O)OC1C=CCCC1C.CC(C)(C)OC(=O)N[C@@H]1C=C[C@@](O)(C(N)=O)CC1.CC1=CC=CCC1.CN1OC2(C(N)=O)C=CC1CC2.CN1OC2(C)C=CC1CC2.CN1OC2(C)C=CC1CC2.[C-]#[O+].[C-]#[O+].[C-]#[O+].[C-]#[O+].[C-]#[O+].[C-]#[O+].[Mo].[Na+].[OH-]. The van der Waals surface area contributed by atoms with E-state index in [0.717, 1.165) is 19.3 Å². The molecule has 6 heterocycles. The molecule has 0 saturated carbocycles. The summed E-state index contributed by atoms with van der Waals surface area (Å²) in [5, 5.41) is 18.0. The van der Waals surface area contributed by atoms with E-state index in [1.807, 2.05) is 50.3 Å². The Morgan fingerprint density at radius 2 is 1.15 bits per heavy atom. The maximum Gasteiger partial charge on any atom is 1.00 e. The maximum absolute atomic E-state index is 11.5. The fraction of sp³-hybridized carbons (Fsp3) is 0.537.